The van der Waals surface area contributed by atoms with Crippen molar-refractivity contribution in [2.75, 3.05) is 19.6 Å². The second-order valence-electron chi connectivity index (χ2n) is 16.5. The number of urea groups is 1. The third-order valence-corrected chi connectivity index (χ3v) is 10.7. The molecule has 2 heterocycles. The minimum absolute atomic E-state index is 0.0708. The van der Waals surface area contributed by atoms with Crippen molar-refractivity contribution < 1.29 is 28.8 Å². The molecule has 4 fully saturated rings. The minimum Gasteiger partial charge on any atom is -0.363 e. The maximum atomic E-state index is 14.3. The monoisotopic (exact) mass is 630 g/mol. The Kier molecular flexibility index (Phi) is 9.67. The quantitative estimate of drug-likeness (QED) is 0.254. The Labute approximate surface area is 267 Å². The Bertz CT molecular complexity index is 1210. The van der Waals surface area contributed by atoms with Gasteiger partial charge in [0.25, 0.3) is 5.91 Å². The molecular formula is C33H54N6O6. The lowest BCUT2D eigenvalue weighted by Crippen LogP contribution is -2.62. The van der Waals surface area contributed by atoms with E-state index in [1.807, 2.05) is 41.5 Å². The predicted molar refractivity (Wildman–Crippen MR) is 168 cm³/mol. The smallest absolute Gasteiger partial charge is 0.315 e. The van der Waals surface area contributed by atoms with E-state index in [0.29, 0.717) is 32.5 Å². The first-order valence-corrected chi connectivity index (χ1v) is 16.5. The largest absolute Gasteiger partial charge is 0.363 e. The number of rotatable bonds is 11. The Morgan fingerprint density at radius 2 is 1.60 bits per heavy atom. The normalized spacial score (nSPS) is 26.3. The van der Waals surface area contributed by atoms with Gasteiger partial charge in [0.15, 0.2) is 0 Å². The van der Waals surface area contributed by atoms with Gasteiger partial charge in [0.1, 0.15) is 12.1 Å². The standard InChI is InChI=1S/C33H54N6O6/c1-31(2,3)21(17-38-14-10-13-22(38)40)36-30(45)37-26(32(4,5)6)29(44)39-16-19-23(33(19,7)8)24(39)28(43)35-20(25(41)27(34)42)15-18-11-9-12-18/h18-21,23-24,26H,9-17H2,1-8H3,(H2,34,42)(H,35,43)(H2,36,37,45)/t19-,20?,21+,23-,24-,26+/m0/s1. The number of fused-ring (bicyclic) bond motifs is 1. The number of likely N-dealkylation sites (tertiary alicyclic amines) is 2. The van der Waals surface area contributed by atoms with Crippen molar-refractivity contribution in [1.82, 2.24) is 25.8 Å². The lowest BCUT2D eigenvalue weighted by molar-refractivity contribution is -0.145. The van der Waals surface area contributed by atoms with Crippen LogP contribution in [0.3, 0.4) is 0 Å². The van der Waals surface area contributed by atoms with Crippen molar-refractivity contribution in [2.45, 2.75) is 118 Å². The Balaban J connectivity index is 1.51. The van der Waals surface area contributed by atoms with Crippen LogP contribution in [0.5, 0.6) is 0 Å². The summed E-state index contributed by atoms with van der Waals surface area (Å²) >= 11 is 0. The van der Waals surface area contributed by atoms with Crippen LogP contribution in [0, 0.1) is 34.0 Å². The summed E-state index contributed by atoms with van der Waals surface area (Å²) in [4.78, 5) is 81.8. The number of piperidine rings is 1. The Hall–Kier alpha value is -3.18. The van der Waals surface area contributed by atoms with E-state index in [4.69, 9.17) is 5.73 Å². The number of nitrogens with one attached hydrogen (secondary N) is 3. The molecule has 6 atom stereocenters. The molecule has 0 spiro atoms. The van der Waals surface area contributed by atoms with Gasteiger partial charge in [-0.2, -0.15) is 0 Å². The molecule has 252 valence electrons. The van der Waals surface area contributed by atoms with Crippen LogP contribution < -0.4 is 21.7 Å². The van der Waals surface area contributed by atoms with Crippen LogP contribution >= 0.6 is 0 Å². The number of Topliss-reactive ketones (excluding diaryl/α,β-unsaturated/α-hetero) is 1. The molecule has 0 radical (unpaired) electrons. The maximum Gasteiger partial charge on any atom is 0.315 e. The molecule has 2 aliphatic carbocycles. The van der Waals surface area contributed by atoms with Crippen molar-refractivity contribution in [2.24, 2.45) is 39.7 Å². The van der Waals surface area contributed by atoms with E-state index < -0.39 is 47.2 Å². The van der Waals surface area contributed by atoms with E-state index >= 15 is 0 Å². The van der Waals surface area contributed by atoms with Crippen LogP contribution in [-0.2, 0) is 24.0 Å². The van der Waals surface area contributed by atoms with E-state index in [9.17, 15) is 28.8 Å². The molecule has 4 rings (SSSR count). The highest BCUT2D eigenvalue weighted by atomic mass is 16.2. The summed E-state index contributed by atoms with van der Waals surface area (Å²) in [6.07, 6.45) is 4.54. The highest BCUT2D eigenvalue weighted by molar-refractivity contribution is 6.37. The molecule has 2 saturated carbocycles. The molecule has 0 aromatic rings. The van der Waals surface area contributed by atoms with Gasteiger partial charge >= 0.3 is 6.03 Å². The van der Waals surface area contributed by atoms with Crippen molar-refractivity contribution in [1.29, 1.82) is 0 Å². The van der Waals surface area contributed by atoms with E-state index in [2.05, 4.69) is 29.8 Å². The number of amides is 6. The highest BCUT2D eigenvalue weighted by Crippen LogP contribution is 2.65. The Morgan fingerprint density at radius 1 is 0.956 bits per heavy atom. The molecule has 12 heteroatoms. The molecule has 0 aromatic carbocycles. The Morgan fingerprint density at radius 3 is 2.09 bits per heavy atom. The van der Waals surface area contributed by atoms with Crippen LogP contribution in [0.2, 0.25) is 0 Å². The predicted octanol–water partition coefficient (Wildman–Crippen LogP) is 1.95. The van der Waals surface area contributed by atoms with Gasteiger partial charge < -0.3 is 31.5 Å². The molecule has 5 N–H and O–H groups in total. The number of nitrogens with zero attached hydrogens (tertiary/aromatic N) is 2. The average molecular weight is 631 g/mol. The van der Waals surface area contributed by atoms with Crippen molar-refractivity contribution >= 4 is 35.4 Å². The number of ketones is 1. The first-order valence-electron chi connectivity index (χ1n) is 16.5. The molecule has 4 aliphatic rings. The summed E-state index contributed by atoms with van der Waals surface area (Å²) in [5, 5.41) is 8.73. The zero-order valence-corrected chi connectivity index (χ0v) is 28.3. The van der Waals surface area contributed by atoms with Crippen LogP contribution in [0.15, 0.2) is 0 Å². The van der Waals surface area contributed by atoms with Crippen molar-refractivity contribution in [3.63, 3.8) is 0 Å². The van der Waals surface area contributed by atoms with Crippen LogP contribution in [0.1, 0.15) is 93.9 Å². The molecule has 45 heavy (non-hydrogen) atoms. The van der Waals surface area contributed by atoms with Crippen LogP contribution in [0.4, 0.5) is 4.79 Å². The van der Waals surface area contributed by atoms with Gasteiger partial charge in [-0.25, -0.2) is 4.79 Å². The van der Waals surface area contributed by atoms with Gasteiger partial charge in [-0.3, -0.25) is 24.0 Å². The number of nitrogens with two attached hydrogens (primary N) is 1. The summed E-state index contributed by atoms with van der Waals surface area (Å²) in [5.41, 5.74) is 4.10. The molecule has 6 amide bonds. The number of carbonyl (C=O) groups is 6. The fraction of sp³-hybridized carbons (Fsp3) is 0.818. The van der Waals surface area contributed by atoms with Gasteiger partial charge in [-0.1, -0.05) is 74.7 Å². The van der Waals surface area contributed by atoms with Gasteiger partial charge in [-0.05, 0) is 46.8 Å². The van der Waals surface area contributed by atoms with Gasteiger partial charge in [0.2, 0.25) is 23.5 Å². The summed E-state index contributed by atoms with van der Waals surface area (Å²) in [6, 6.07) is -3.71. The van der Waals surface area contributed by atoms with Gasteiger partial charge in [-0.15, -0.1) is 0 Å². The molecular weight excluding hydrogens is 576 g/mol. The molecule has 2 saturated heterocycles. The van der Waals surface area contributed by atoms with E-state index in [0.717, 1.165) is 25.7 Å². The molecule has 0 aromatic heterocycles. The van der Waals surface area contributed by atoms with Crippen molar-refractivity contribution in [3.8, 4) is 0 Å². The summed E-state index contributed by atoms with van der Waals surface area (Å²) in [6.45, 7) is 17.1. The SMILES string of the molecule is CC(C)(C)[C@H](NC(=O)N[C@H](CN1CCCC1=O)C(C)(C)C)C(=O)N1C[C@H]2[C@@H]([C@H]1C(=O)NC(CC1CCC1)C(=O)C(N)=O)C2(C)C. The summed E-state index contributed by atoms with van der Waals surface area (Å²) < 4.78 is 0. The second kappa shape index (κ2) is 12.5. The zero-order valence-electron chi connectivity index (χ0n) is 28.3. The number of primary amides is 1. The number of hydrogen-bond acceptors (Lipinski definition) is 6. The van der Waals surface area contributed by atoms with E-state index in [1.54, 1.807) is 9.80 Å². The van der Waals surface area contributed by atoms with E-state index in [1.165, 1.54) is 0 Å². The first kappa shape index (κ1) is 34.7. The first-order chi connectivity index (χ1) is 20.7. The zero-order chi connectivity index (χ0) is 33.6. The third-order valence-electron chi connectivity index (χ3n) is 10.7. The van der Waals surface area contributed by atoms with E-state index in [-0.39, 0.29) is 46.4 Å². The highest BCUT2D eigenvalue weighted by Gasteiger charge is 2.70. The summed E-state index contributed by atoms with van der Waals surface area (Å²) in [5.74, 6) is -2.49. The molecule has 2 aliphatic heterocycles. The fourth-order valence-electron chi connectivity index (χ4n) is 7.33. The minimum atomic E-state index is -1.09. The van der Waals surface area contributed by atoms with Crippen molar-refractivity contribution in [3.05, 3.63) is 0 Å². The third kappa shape index (κ3) is 7.46. The maximum absolute atomic E-state index is 14.3. The average Bonchev–Trinajstić information content (AvgIpc) is 3.24. The molecule has 0 bridgehead atoms. The van der Waals surface area contributed by atoms with Gasteiger partial charge in [0, 0.05) is 26.1 Å². The fourth-order valence-corrected chi connectivity index (χ4v) is 7.33. The lowest BCUT2D eigenvalue weighted by Gasteiger charge is -2.39. The van der Waals surface area contributed by atoms with Crippen LogP contribution in [0.25, 0.3) is 0 Å². The van der Waals surface area contributed by atoms with Crippen LogP contribution in [-0.4, -0.2) is 89.0 Å². The van der Waals surface area contributed by atoms with Gasteiger partial charge in [0.05, 0.1) is 12.1 Å². The topological polar surface area (TPSA) is 171 Å². The second-order valence-corrected chi connectivity index (χ2v) is 16.5. The number of carbonyl (C=O) groups excluding carboxylic acids is 6. The number of hydrogen-bond donors (Lipinski definition) is 4. The molecule has 12 nitrogen and oxygen atoms in total. The molecule has 1 unspecified atom stereocenters. The lowest BCUT2D eigenvalue weighted by atomic mass is 9.80. The summed E-state index contributed by atoms with van der Waals surface area (Å²) in [7, 11) is 0.